The van der Waals surface area contributed by atoms with E-state index in [1.165, 1.54) is 0 Å². The third-order valence-corrected chi connectivity index (χ3v) is 5.42. The number of para-hydroxylation sites is 2. The van der Waals surface area contributed by atoms with Gasteiger partial charge >= 0.3 is 0 Å². The van der Waals surface area contributed by atoms with Crippen molar-refractivity contribution in [2.45, 2.75) is 32.4 Å². The highest BCUT2D eigenvalue weighted by Gasteiger charge is 2.29. The van der Waals surface area contributed by atoms with Crippen molar-refractivity contribution in [1.29, 1.82) is 0 Å². The molecule has 0 bridgehead atoms. The number of aromatic nitrogens is 4. The van der Waals surface area contributed by atoms with Gasteiger partial charge < -0.3 is 14.0 Å². The average molecular weight is 386 g/mol. The van der Waals surface area contributed by atoms with Crippen molar-refractivity contribution < 1.29 is 9.47 Å². The Morgan fingerprint density at radius 2 is 1.90 bits per heavy atom. The first-order valence-corrected chi connectivity index (χ1v) is 9.91. The third-order valence-electron chi connectivity index (χ3n) is 5.42. The van der Waals surface area contributed by atoms with Crippen LogP contribution in [0.2, 0.25) is 0 Å². The van der Waals surface area contributed by atoms with E-state index in [4.69, 9.17) is 14.5 Å². The predicted octanol–water partition coefficient (Wildman–Crippen LogP) is 4.98. The second-order valence-corrected chi connectivity index (χ2v) is 7.26. The molecule has 146 valence electrons. The number of imidazole rings is 1. The standard InChI is InChI=1S/C23H22N4O2/c1-3-15(2)27-18-12-17(16-8-10-24-11-9-16)13-25-22(18)26-23(27)21-14-28-19-6-4-5-7-20(19)29-21/h4-13,15,21H,3,14H2,1-2H3. The van der Waals surface area contributed by atoms with Gasteiger partial charge in [0.25, 0.3) is 0 Å². The Hall–Kier alpha value is -3.41. The number of ether oxygens (including phenoxy) is 2. The molecular weight excluding hydrogens is 364 g/mol. The maximum absolute atomic E-state index is 6.25. The summed E-state index contributed by atoms with van der Waals surface area (Å²) in [6.45, 7) is 4.79. The summed E-state index contributed by atoms with van der Waals surface area (Å²) in [4.78, 5) is 13.6. The first kappa shape index (κ1) is 17.7. The van der Waals surface area contributed by atoms with Crippen LogP contribution >= 0.6 is 0 Å². The summed E-state index contributed by atoms with van der Waals surface area (Å²) < 4.78 is 14.4. The molecule has 0 aliphatic carbocycles. The van der Waals surface area contributed by atoms with Crippen molar-refractivity contribution in [1.82, 2.24) is 19.5 Å². The van der Waals surface area contributed by atoms with Crippen molar-refractivity contribution in [2.75, 3.05) is 6.61 Å². The molecule has 5 rings (SSSR count). The molecule has 2 unspecified atom stereocenters. The molecule has 6 heteroatoms. The molecule has 0 saturated heterocycles. The smallest absolute Gasteiger partial charge is 0.190 e. The fourth-order valence-corrected chi connectivity index (χ4v) is 3.72. The molecule has 4 heterocycles. The van der Waals surface area contributed by atoms with E-state index in [-0.39, 0.29) is 12.1 Å². The molecule has 0 radical (unpaired) electrons. The van der Waals surface area contributed by atoms with E-state index in [9.17, 15) is 0 Å². The zero-order chi connectivity index (χ0) is 19.8. The van der Waals surface area contributed by atoms with Crippen LogP contribution in [0.15, 0.2) is 61.1 Å². The fourth-order valence-electron chi connectivity index (χ4n) is 3.72. The Balaban J connectivity index is 1.62. The van der Waals surface area contributed by atoms with Gasteiger partial charge in [0.05, 0.1) is 5.52 Å². The van der Waals surface area contributed by atoms with Gasteiger partial charge in [-0.3, -0.25) is 4.98 Å². The van der Waals surface area contributed by atoms with Crippen molar-refractivity contribution in [3.05, 3.63) is 66.9 Å². The minimum absolute atomic E-state index is 0.255. The van der Waals surface area contributed by atoms with Gasteiger partial charge in [-0.15, -0.1) is 0 Å². The summed E-state index contributed by atoms with van der Waals surface area (Å²) in [5.41, 5.74) is 3.85. The molecule has 6 nitrogen and oxygen atoms in total. The first-order chi connectivity index (χ1) is 14.2. The van der Waals surface area contributed by atoms with E-state index in [2.05, 4.69) is 34.4 Å². The van der Waals surface area contributed by atoms with Crippen molar-refractivity contribution in [3.8, 4) is 22.6 Å². The predicted molar refractivity (Wildman–Crippen MR) is 111 cm³/mol. The lowest BCUT2D eigenvalue weighted by Gasteiger charge is -2.27. The van der Waals surface area contributed by atoms with Crippen LogP contribution in [0.1, 0.15) is 38.2 Å². The van der Waals surface area contributed by atoms with Crippen molar-refractivity contribution in [3.63, 3.8) is 0 Å². The van der Waals surface area contributed by atoms with Crippen molar-refractivity contribution >= 4 is 11.2 Å². The van der Waals surface area contributed by atoms with E-state index in [1.807, 2.05) is 42.6 Å². The monoisotopic (exact) mass is 386 g/mol. The molecular formula is C23H22N4O2. The molecule has 0 amide bonds. The molecule has 4 aromatic rings. The minimum Gasteiger partial charge on any atom is -0.485 e. The Morgan fingerprint density at radius 3 is 2.69 bits per heavy atom. The minimum atomic E-state index is -0.280. The van der Waals surface area contributed by atoms with E-state index in [1.54, 1.807) is 12.4 Å². The summed E-state index contributed by atoms with van der Waals surface area (Å²) >= 11 is 0. The van der Waals surface area contributed by atoms with Gasteiger partial charge in [-0.25, -0.2) is 9.97 Å². The number of nitrogens with zero attached hydrogens (tertiary/aromatic N) is 4. The molecule has 1 aliphatic rings. The highest BCUT2D eigenvalue weighted by atomic mass is 16.6. The van der Waals surface area contributed by atoms with Gasteiger partial charge in [0.2, 0.25) is 0 Å². The Morgan fingerprint density at radius 1 is 1.10 bits per heavy atom. The van der Waals surface area contributed by atoms with Gasteiger partial charge in [-0.05, 0) is 49.2 Å². The summed E-state index contributed by atoms with van der Waals surface area (Å²) in [7, 11) is 0. The highest BCUT2D eigenvalue weighted by Crippen LogP contribution is 2.37. The van der Waals surface area contributed by atoms with Gasteiger partial charge in [0, 0.05) is 30.2 Å². The maximum atomic E-state index is 6.25. The van der Waals surface area contributed by atoms with Gasteiger partial charge in [0.1, 0.15) is 6.61 Å². The van der Waals surface area contributed by atoms with E-state index < -0.39 is 0 Å². The number of fused-ring (bicyclic) bond motifs is 2. The third kappa shape index (κ3) is 3.10. The number of rotatable bonds is 4. The second-order valence-electron chi connectivity index (χ2n) is 7.26. The number of hydrogen-bond donors (Lipinski definition) is 0. The maximum Gasteiger partial charge on any atom is 0.190 e. The quantitative estimate of drug-likeness (QED) is 0.495. The van der Waals surface area contributed by atoms with Crippen LogP contribution in [0.25, 0.3) is 22.3 Å². The van der Waals surface area contributed by atoms with Crippen LogP contribution < -0.4 is 9.47 Å². The Labute approximate surface area is 169 Å². The van der Waals surface area contributed by atoms with Crippen LogP contribution in [0, 0.1) is 0 Å². The highest BCUT2D eigenvalue weighted by molar-refractivity contribution is 5.79. The second kappa shape index (κ2) is 7.20. The van der Waals surface area contributed by atoms with E-state index in [0.29, 0.717) is 6.61 Å². The molecule has 1 aliphatic heterocycles. The Bertz CT molecular complexity index is 1160. The molecule has 0 spiro atoms. The first-order valence-electron chi connectivity index (χ1n) is 9.91. The SMILES string of the molecule is CCC(C)n1c(C2COc3ccccc3O2)nc2ncc(-c3ccncc3)cc21. The lowest BCUT2D eigenvalue weighted by molar-refractivity contribution is 0.0817. The molecule has 3 aromatic heterocycles. The summed E-state index contributed by atoms with van der Waals surface area (Å²) in [5, 5.41) is 0. The average Bonchev–Trinajstić information content (AvgIpc) is 3.17. The van der Waals surface area contributed by atoms with Gasteiger partial charge in [0.15, 0.2) is 29.1 Å². The zero-order valence-corrected chi connectivity index (χ0v) is 16.4. The number of pyridine rings is 2. The molecule has 0 N–H and O–H groups in total. The van der Waals surface area contributed by atoms with Crippen LogP contribution in [0.4, 0.5) is 0 Å². The molecule has 0 saturated carbocycles. The van der Waals surface area contributed by atoms with E-state index >= 15 is 0 Å². The summed E-state index contributed by atoms with van der Waals surface area (Å²) in [6.07, 6.45) is 6.14. The zero-order valence-electron chi connectivity index (χ0n) is 16.4. The Kier molecular flexibility index (Phi) is 4.39. The summed E-state index contributed by atoms with van der Waals surface area (Å²) in [6, 6.07) is 14.1. The van der Waals surface area contributed by atoms with Crippen LogP contribution in [-0.2, 0) is 0 Å². The van der Waals surface area contributed by atoms with Crippen molar-refractivity contribution in [2.24, 2.45) is 0 Å². The molecule has 29 heavy (non-hydrogen) atoms. The number of benzene rings is 1. The lowest BCUT2D eigenvalue weighted by Crippen LogP contribution is -2.25. The van der Waals surface area contributed by atoms with Crippen LogP contribution in [0.5, 0.6) is 11.5 Å². The normalized spacial score (nSPS) is 16.7. The van der Waals surface area contributed by atoms with Crippen LogP contribution in [-0.4, -0.2) is 26.1 Å². The molecule has 2 atom stereocenters. The topological polar surface area (TPSA) is 62.1 Å². The van der Waals surface area contributed by atoms with Gasteiger partial charge in [-0.1, -0.05) is 19.1 Å². The lowest BCUT2D eigenvalue weighted by atomic mass is 10.1. The number of hydrogen-bond acceptors (Lipinski definition) is 5. The largest absolute Gasteiger partial charge is 0.485 e. The van der Waals surface area contributed by atoms with Gasteiger partial charge in [-0.2, -0.15) is 0 Å². The molecule has 1 aromatic carbocycles. The van der Waals surface area contributed by atoms with E-state index in [0.717, 1.165) is 46.0 Å². The molecule has 0 fully saturated rings. The summed E-state index contributed by atoms with van der Waals surface area (Å²) in [5.74, 6) is 2.37. The fraction of sp³-hybridized carbons (Fsp3) is 0.261. The van der Waals surface area contributed by atoms with Crippen LogP contribution in [0.3, 0.4) is 0 Å².